The molecule has 0 aliphatic carbocycles. The van der Waals surface area contributed by atoms with E-state index in [1.54, 1.807) is 4.90 Å². The van der Waals surface area contributed by atoms with Crippen molar-refractivity contribution in [3.8, 4) is 0 Å². The van der Waals surface area contributed by atoms with Gasteiger partial charge in [0.25, 0.3) is 0 Å². The van der Waals surface area contributed by atoms with Gasteiger partial charge in [0.15, 0.2) is 0 Å². The molecule has 2 saturated heterocycles. The molecule has 0 spiro atoms. The predicted molar refractivity (Wildman–Crippen MR) is 105 cm³/mol. The Morgan fingerprint density at radius 1 is 1.19 bits per heavy atom. The van der Waals surface area contributed by atoms with Crippen molar-refractivity contribution in [1.82, 2.24) is 15.5 Å². The molecule has 1 aromatic carbocycles. The maximum Gasteiger partial charge on any atom is 0.243 e. The highest BCUT2D eigenvalue weighted by molar-refractivity contribution is 7.19. The zero-order chi connectivity index (χ0) is 18.8. The van der Waals surface area contributed by atoms with E-state index < -0.39 is 0 Å². The molecular formula is C19H23N5O2S. The van der Waals surface area contributed by atoms with Gasteiger partial charge in [-0.1, -0.05) is 41.2 Å². The predicted octanol–water partition coefficient (Wildman–Crippen LogP) is 2.26. The van der Waals surface area contributed by atoms with Gasteiger partial charge < -0.3 is 10.2 Å². The van der Waals surface area contributed by atoms with Crippen LogP contribution in [0.1, 0.15) is 36.8 Å². The number of rotatable bonds is 5. The van der Waals surface area contributed by atoms with Crippen molar-refractivity contribution in [3.05, 3.63) is 35.4 Å². The highest BCUT2D eigenvalue weighted by atomic mass is 32.1. The van der Waals surface area contributed by atoms with Crippen LogP contribution in [-0.2, 0) is 16.1 Å². The maximum absolute atomic E-state index is 12.7. The van der Waals surface area contributed by atoms with Crippen LogP contribution < -0.4 is 15.1 Å². The third-order valence-electron chi connectivity index (χ3n) is 5.10. The summed E-state index contributed by atoms with van der Waals surface area (Å²) in [4.78, 5) is 28.3. The molecular weight excluding hydrogens is 362 g/mol. The first-order valence-electron chi connectivity index (χ1n) is 9.35. The Hall–Kier alpha value is -2.48. The smallest absolute Gasteiger partial charge is 0.243 e. The first kappa shape index (κ1) is 17.9. The molecule has 0 unspecified atom stereocenters. The lowest BCUT2D eigenvalue weighted by molar-refractivity contribution is -0.122. The standard InChI is InChI=1S/C19H23N5O2S/c1-13-6-8-14(9-7-13)12-20-17(26)15-4-2-10-23(15)18-21-22-19(27-18)24-11-3-5-16(24)25/h6-9,15H,2-5,10-12H2,1H3,(H,20,26)/t15-/m0/s1. The van der Waals surface area contributed by atoms with E-state index in [2.05, 4.69) is 15.5 Å². The number of hydrogen-bond acceptors (Lipinski definition) is 6. The summed E-state index contributed by atoms with van der Waals surface area (Å²) in [5.41, 5.74) is 2.29. The van der Waals surface area contributed by atoms with E-state index in [1.807, 2.05) is 36.1 Å². The van der Waals surface area contributed by atoms with Gasteiger partial charge in [0.05, 0.1) is 0 Å². The van der Waals surface area contributed by atoms with Crippen molar-refractivity contribution in [2.24, 2.45) is 0 Å². The molecule has 1 N–H and O–H groups in total. The molecule has 27 heavy (non-hydrogen) atoms. The number of aryl methyl sites for hydroxylation is 1. The van der Waals surface area contributed by atoms with E-state index >= 15 is 0 Å². The Bertz CT molecular complexity index is 835. The molecule has 2 fully saturated rings. The second-order valence-corrected chi connectivity index (χ2v) is 8.01. The van der Waals surface area contributed by atoms with Crippen LogP contribution >= 0.6 is 11.3 Å². The van der Waals surface area contributed by atoms with Crippen LogP contribution in [-0.4, -0.2) is 41.1 Å². The molecule has 2 amide bonds. The maximum atomic E-state index is 12.7. The molecule has 0 saturated carbocycles. The van der Waals surface area contributed by atoms with Crippen molar-refractivity contribution in [3.63, 3.8) is 0 Å². The number of benzene rings is 1. The summed E-state index contributed by atoms with van der Waals surface area (Å²) in [5, 5.41) is 12.8. The summed E-state index contributed by atoms with van der Waals surface area (Å²) in [6, 6.07) is 7.93. The molecule has 2 aromatic rings. The number of anilines is 2. The molecule has 0 bridgehead atoms. The fourth-order valence-corrected chi connectivity index (χ4v) is 4.53. The zero-order valence-corrected chi connectivity index (χ0v) is 16.2. The molecule has 2 aliphatic heterocycles. The van der Waals surface area contributed by atoms with Gasteiger partial charge in [0, 0.05) is 26.1 Å². The van der Waals surface area contributed by atoms with Gasteiger partial charge in [0.1, 0.15) is 6.04 Å². The quantitative estimate of drug-likeness (QED) is 0.854. The first-order valence-corrected chi connectivity index (χ1v) is 10.2. The summed E-state index contributed by atoms with van der Waals surface area (Å²) in [6.07, 6.45) is 3.18. The highest BCUT2D eigenvalue weighted by Crippen LogP contribution is 2.33. The second kappa shape index (κ2) is 7.64. The van der Waals surface area contributed by atoms with Crippen molar-refractivity contribution in [2.45, 2.75) is 45.2 Å². The van der Waals surface area contributed by atoms with Crippen LogP contribution in [0.2, 0.25) is 0 Å². The number of nitrogens with zero attached hydrogens (tertiary/aromatic N) is 4. The van der Waals surface area contributed by atoms with Gasteiger partial charge in [-0.05, 0) is 31.7 Å². The lowest BCUT2D eigenvalue weighted by Crippen LogP contribution is -2.43. The van der Waals surface area contributed by atoms with Crippen LogP contribution in [0.3, 0.4) is 0 Å². The first-order chi connectivity index (χ1) is 13.1. The van der Waals surface area contributed by atoms with Gasteiger partial charge in [-0.15, -0.1) is 10.2 Å². The molecule has 1 atom stereocenters. The average Bonchev–Trinajstić information content (AvgIpc) is 3.40. The number of nitrogens with one attached hydrogen (secondary N) is 1. The van der Waals surface area contributed by atoms with Crippen molar-refractivity contribution in [1.29, 1.82) is 0 Å². The van der Waals surface area contributed by atoms with Crippen LogP contribution in [0.4, 0.5) is 10.3 Å². The summed E-state index contributed by atoms with van der Waals surface area (Å²) in [6.45, 7) is 4.05. The summed E-state index contributed by atoms with van der Waals surface area (Å²) in [7, 11) is 0. The molecule has 7 nitrogen and oxygen atoms in total. The molecule has 8 heteroatoms. The topological polar surface area (TPSA) is 78.4 Å². The Morgan fingerprint density at radius 2 is 1.96 bits per heavy atom. The summed E-state index contributed by atoms with van der Waals surface area (Å²) in [5.74, 6) is 0.119. The van der Waals surface area contributed by atoms with Crippen LogP contribution in [0.5, 0.6) is 0 Å². The Kier molecular flexibility index (Phi) is 5.07. The number of amides is 2. The molecule has 0 radical (unpaired) electrons. The fraction of sp³-hybridized carbons (Fsp3) is 0.474. The third kappa shape index (κ3) is 3.80. The number of carbonyl (C=O) groups excluding carboxylic acids is 2. The van der Waals surface area contributed by atoms with Gasteiger partial charge in [-0.3, -0.25) is 14.5 Å². The summed E-state index contributed by atoms with van der Waals surface area (Å²) >= 11 is 1.40. The average molecular weight is 385 g/mol. The SMILES string of the molecule is Cc1ccc(CNC(=O)[C@@H]2CCCN2c2nnc(N3CCCC3=O)s2)cc1. The van der Waals surface area contributed by atoms with Crippen LogP contribution in [0, 0.1) is 6.92 Å². The Labute approximate surface area is 162 Å². The third-order valence-corrected chi connectivity index (χ3v) is 6.08. The van der Waals surface area contributed by atoms with E-state index in [0.29, 0.717) is 24.6 Å². The van der Waals surface area contributed by atoms with E-state index in [4.69, 9.17) is 0 Å². The van der Waals surface area contributed by atoms with E-state index in [-0.39, 0.29) is 17.9 Å². The number of hydrogen-bond donors (Lipinski definition) is 1. The lowest BCUT2D eigenvalue weighted by Gasteiger charge is -2.22. The number of aromatic nitrogens is 2. The van der Waals surface area contributed by atoms with Crippen LogP contribution in [0.15, 0.2) is 24.3 Å². The molecule has 2 aliphatic rings. The Morgan fingerprint density at radius 3 is 2.70 bits per heavy atom. The molecule has 142 valence electrons. The van der Waals surface area contributed by atoms with E-state index in [0.717, 1.165) is 36.5 Å². The second-order valence-electron chi connectivity index (χ2n) is 7.07. The van der Waals surface area contributed by atoms with Gasteiger partial charge in [-0.2, -0.15) is 0 Å². The highest BCUT2D eigenvalue weighted by Gasteiger charge is 2.34. The van der Waals surface area contributed by atoms with Crippen LogP contribution in [0.25, 0.3) is 0 Å². The summed E-state index contributed by atoms with van der Waals surface area (Å²) < 4.78 is 0. The monoisotopic (exact) mass is 385 g/mol. The van der Waals surface area contributed by atoms with Gasteiger partial charge >= 0.3 is 0 Å². The molecule has 4 rings (SSSR count). The minimum atomic E-state index is -0.231. The van der Waals surface area contributed by atoms with E-state index in [9.17, 15) is 9.59 Å². The molecule has 3 heterocycles. The lowest BCUT2D eigenvalue weighted by atomic mass is 10.1. The van der Waals surface area contributed by atoms with Crippen molar-refractivity contribution < 1.29 is 9.59 Å². The minimum Gasteiger partial charge on any atom is -0.350 e. The number of carbonyl (C=O) groups is 2. The Balaban J connectivity index is 1.41. The molecule has 1 aromatic heterocycles. The zero-order valence-electron chi connectivity index (χ0n) is 15.4. The van der Waals surface area contributed by atoms with Crippen molar-refractivity contribution in [2.75, 3.05) is 22.9 Å². The normalized spacial score (nSPS) is 19.7. The van der Waals surface area contributed by atoms with Gasteiger partial charge in [0.2, 0.25) is 22.1 Å². The van der Waals surface area contributed by atoms with Gasteiger partial charge in [-0.25, -0.2) is 0 Å². The largest absolute Gasteiger partial charge is 0.350 e. The fourth-order valence-electron chi connectivity index (χ4n) is 3.56. The van der Waals surface area contributed by atoms with E-state index in [1.165, 1.54) is 16.9 Å². The van der Waals surface area contributed by atoms with Crippen molar-refractivity contribution >= 4 is 33.4 Å². The minimum absolute atomic E-state index is 0.0158.